The normalized spacial score (nSPS) is 20.0. The molecule has 1 heterocycles. The molecule has 138 valence electrons. The van der Waals surface area contributed by atoms with Crippen LogP contribution in [0.15, 0.2) is 54.6 Å². The van der Waals surface area contributed by atoms with Gasteiger partial charge in [-0.05, 0) is 36.1 Å². The number of methoxy groups -OCH3 is 2. The van der Waals surface area contributed by atoms with Crippen LogP contribution in [0.4, 0.5) is 0 Å². The fraction of sp³-hybridized carbons (Fsp3) is 0.409. The van der Waals surface area contributed by atoms with Crippen LogP contribution in [0.2, 0.25) is 0 Å². The molecule has 0 aromatic heterocycles. The van der Waals surface area contributed by atoms with E-state index in [4.69, 9.17) is 9.47 Å². The molecular formula is C22H27NO3. The molecule has 1 fully saturated rings. The number of ether oxygens (including phenoxy) is 2. The molecule has 2 atom stereocenters. The highest BCUT2D eigenvalue weighted by Crippen LogP contribution is 2.24. The zero-order chi connectivity index (χ0) is 18.4. The molecule has 0 N–H and O–H groups in total. The largest absolute Gasteiger partial charge is 0.497 e. The highest BCUT2D eigenvalue weighted by molar-refractivity contribution is 5.79. The number of rotatable bonds is 6. The summed E-state index contributed by atoms with van der Waals surface area (Å²) < 4.78 is 11.0. The summed E-state index contributed by atoms with van der Waals surface area (Å²) in [5.74, 6) is 1.28. The predicted molar refractivity (Wildman–Crippen MR) is 102 cm³/mol. The Hall–Kier alpha value is -2.33. The van der Waals surface area contributed by atoms with Gasteiger partial charge in [0.25, 0.3) is 0 Å². The van der Waals surface area contributed by atoms with Gasteiger partial charge in [-0.25, -0.2) is 0 Å². The van der Waals surface area contributed by atoms with Crippen molar-refractivity contribution in [3.05, 3.63) is 65.7 Å². The molecule has 0 saturated carbocycles. The van der Waals surface area contributed by atoms with E-state index in [1.54, 1.807) is 14.2 Å². The van der Waals surface area contributed by atoms with Crippen molar-refractivity contribution in [2.75, 3.05) is 27.3 Å². The van der Waals surface area contributed by atoms with Crippen LogP contribution in [0.5, 0.6) is 5.75 Å². The minimum Gasteiger partial charge on any atom is -0.497 e. The first-order valence-corrected chi connectivity index (χ1v) is 9.17. The summed E-state index contributed by atoms with van der Waals surface area (Å²) in [6.45, 7) is 1.50. The van der Waals surface area contributed by atoms with Crippen molar-refractivity contribution in [3.63, 3.8) is 0 Å². The van der Waals surface area contributed by atoms with Crippen molar-refractivity contribution in [3.8, 4) is 5.75 Å². The molecule has 0 radical (unpaired) electrons. The average Bonchev–Trinajstić information content (AvgIpc) is 2.69. The van der Waals surface area contributed by atoms with Crippen LogP contribution in [0.3, 0.4) is 0 Å². The van der Waals surface area contributed by atoms with E-state index < -0.39 is 0 Å². The molecule has 2 aromatic rings. The first-order chi connectivity index (χ1) is 12.7. The number of hydrogen-bond acceptors (Lipinski definition) is 3. The molecule has 1 amide bonds. The van der Waals surface area contributed by atoms with Gasteiger partial charge in [0.1, 0.15) is 5.75 Å². The van der Waals surface area contributed by atoms with Crippen molar-refractivity contribution in [2.45, 2.75) is 25.4 Å². The quantitative estimate of drug-likeness (QED) is 0.799. The zero-order valence-corrected chi connectivity index (χ0v) is 15.6. The SMILES string of the molecule is COc1cccc(CC(=O)N2CC[C@H](OC)[C@H](Cc3ccccc3)C2)c1. The van der Waals surface area contributed by atoms with E-state index in [9.17, 15) is 4.79 Å². The molecule has 26 heavy (non-hydrogen) atoms. The molecule has 0 bridgehead atoms. The summed E-state index contributed by atoms with van der Waals surface area (Å²) in [6, 6.07) is 18.2. The van der Waals surface area contributed by atoms with E-state index in [1.165, 1.54) is 5.56 Å². The van der Waals surface area contributed by atoms with Crippen molar-refractivity contribution in [2.24, 2.45) is 5.92 Å². The predicted octanol–water partition coefficient (Wildman–Crippen LogP) is 3.34. The molecular weight excluding hydrogens is 326 g/mol. The third-order valence-electron chi connectivity index (χ3n) is 5.15. The van der Waals surface area contributed by atoms with Gasteiger partial charge in [0, 0.05) is 26.1 Å². The van der Waals surface area contributed by atoms with Crippen LogP contribution in [0, 0.1) is 5.92 Å². The second-order valence-corrected chi connectivity index (χ2v) is 6.88. The minimum atomic E-state index is 0.172. The summed E-state index contributed by atoms with van der Waals surface area (Å²) in [6.07, 6.45) is 2.43. The molecule has 2 aromatic carbocycles. The van der Waals surface area contributed by atoms with Crippen LogP contribution in [0.1, 0.15) is 17.5 Å². The van der Waals surface area contributed by atoms with E-state index in [-0.39, 0.29) is 12.0 Å². The lowest BCUT2D eigenvalue weighted by Gasteiger charge is -2.38. The van der Waals surface area contributed by atoms with Gasteiger partial charge in [-0.1, -0.05) is 42.5 Å². The van der Waals surface area contributed by atoms with Crippen molar-refractivity contribution in [1.29, 1.82) is 0 Å². The van der Waals surface area contributed by atoms with Gasteiger partial charge in [-0.15, -0.1) is 0 Å². The second kappa shape index (κ2) is 8.86. The summed E-state index contributed by atoms with van der Waals surface area (Å²) >= 11 is 0. The van der Waals surface area contributed by atoms with Crippen molar-refractivity contribution < 1.29 is 14.3 Å². The van der Waals surface area contributed by atoms with Gasteiger partial charge < -0.3 is 14.4 Å². The molecule has 4 nitrogen and oxygen atoms in total. The summed E-state index contributed by atoms with van der Waals surface area (Å²) in [5.41, 5.74) is 2.28. The van der Waals surface area contributed by atoms with E-state index >= 15 is 0 Å². The maximum Gasteiger partial charge on any atom is 0.227 e. The lowest BCUT2D eigenvalue weighted by Crippen LogP contribution is -2.47. The first-order valence-electron chi connectivity index (χ1n) is 9.17. The Kier molecular flexibility index (Phi) is 6.29. The number of amides is 1. The molecule has 0 unspecified atom stereocenters. The molecule has 0 spiro atoms. The number of carbonyl (C=O) groups excluding carboxylic acids is 1. The fourth-order valence-electron chi connectivity index (χ4n) is 3.73. The maximum absolute atomic E-state index is 12.8. The van der Waals surface area contributed by atoms with Crippen LogP contribution in [-0.2, 0) is 22.4 Å². The third-order valence-corrected chi connectivity index (χ3v) is 5.15. The van der Waals surface area contributed by atoms with Gasteiger partial charge in [-0.2, -0.15) is 0 Å². The lowest BCUT2D eigenvalue weighted by molar-refractivity contribution is -0.134. The number of likely N-dealkylation sites (tertiary alicyclic amines) is 1. The molecule has 1 saturated heterocycles. The second-order valence-electron chi connectivity index (χ2n) is 6.88. The molecule has 3 rings (SSSR count). The zero-order valence-electron chi connectivity index (χ0n) is 15.6. The Bertz CT molecular complexity index is 716. The minimum absolute atomic E-state index is 0.172. The van der Waals surface area contributed by atoms with Crippen molar-refractivity contribution >= 4 is 5.91 Å². The van der Waals surface area contributed by atoms with Gasteiger partial charge in [0.15, 0.2) is 0 Å². The number of carbonyl (C=O) groups is 1. The summed E-state index contributed by atoms with van der Waals surface area (Å²) in [5, 5.41) is 0. The lowest BCUT2D eigenvalue weighted by atomic mass is 9.88. The Morgan fingerprint density at radius 3 is 2.58 bits per heavy atom. The van der Waals surface area contributed by atoms with Crippen LogP contribution < -0.4 is 4.74 Å². The monoisotopic (exact) mass is 353 g/mol. The van der Waals surface area contributed by atoms with E-state index in [0.717, 1.165) is 37.2 Å². The van der Waals surface area contributed by atoms with Crippen LogP contribution >= 0.6 is 0 Å². The third kappa shape index (κ3) is 4.64. The van der Waals surface area contributed by atoms with Crippen molar-refractivity contribution in [1.82, 2.24) is 4.90 Å². The highest BCUT2D eigenvalue weighted by Gasteiger charge is 2.31. The number of piperidine rings is 1. The number of nitrogens with zero attached hydrogens (tertiary/aromatic N) is 1. The van der Waals surface area contributed by atoms with E-state index in [0.29, 0.717) is 12.3 Å². The van der Waals surface area contributed by atoms with Gasteiger partial charge in [-0.3, -0.25) is 4.79 Å². The standard InChI is InChI=1S/C22H27NO3/c1-25-20-10-6-9-18(14-20)15-22(24)23-12-11-21(26-2)19(16-23)13-17-7-4-3-5-8-17/h3-10,14,19,21H,11-13,15-16H2,1-2H3/t19-,21+/m1/s1. The van der Waals surface area contributed by atoms with Gasteiger partial charge in [0.05, 0.1) is 19.6 Å². The Morgan fingerprint density at radius 1 is 1.08 bits per heavy atom. The molecule has 1 aliphatic rings. The van der Waals surface area contributed by atoms with E-state index in [1.807, 2.05) is 35.2 Å². The Labute approximate surface area is 155 Å². The Balaban J connectivity index is 1.65. The van der Waals surface area contributed by atoms with Gasteiger partial charge in [0.2, 0.25) is 5.91 Å². The first kappa shape index (κ1) is 18.5. The van der Waals surface area contributed by atoms with E-state index in [2.05, 4.69) is 24.3 Å². The maximum atomic E-state index is 12.8. The number of hydrogen-bond donors (Lipinski definition) is 0. The fourth-order valence-corrected chi connectivity index (χ4v) is 3.73. The number of benzene rings is 2. The molecule has 1 aliphatic heterocycles. The molecule has 4 heteroatoms. The topological polar surface area (TPSA) is 38.8 Å². The molecule has 0 aliphatic carbocycles. The van der Waals surface area contributed by atoms with Crippen LogP contribution in [-0.4, -0.2) is 44.2 Å². The summed E-state index contributed by atoms with van der Waals surface area (Å²) in [4.78, 5) is 14.8. The highest BCUT2D eigenvalue weighted by atomic mass is 16.5. The smallest absolute Gasteiger partial charge is 0.227 e. The summed E-state index contributed by atoms with van der Waals surface area (Å²) in [7, 11) is 3.42. The Morgan fingerprint density at radius 2 is 1.85 bits per heavy atom. The van der Waals surface area contributed by atoms with Gasteiger partial charge >= 0.3 is 0 Å². The van der Waals surface area contributed by atoms with Crippen LogP contribution in [0.25, 0.3) is 0 Å². The average molecular weight is 353 g/mol.